The number of benzene rings is 1. The average Bonchev–Trinajstić information content (AvgIpc) is 2.92. The maximum Gasteiger partial charge on any atom is 0.274 e. The summed E-state index contributed by atoms with van der Waals surface area (Å²) in [5, 5.41) is 0. The van der Waals surface area contributed by atoms with Crippen LogP contribution in [0.4, 0.5) is 4.39 Å². The van der Waals surface area contributed by atoms with Crippen molar-refractivity contribution < 1.29 is 9.18 Å². The van der Waals surface area contributed by atoms with E-state index in [0.717, 1.165) is 0 Å². The quantitative estimate of drug-likeness (QED) is 0.741. The first-order chi connectivity index (χ1) is 10.1. The molecule has 0 saturated carbocycles. The van der Waals surface area contributed by atoms with Gasteiger partial charge >= 0.3 is 0 Å². The molecule has 0 radical (unpaired) electrons. The van der Waals surface area contributed by atoms with Crippen LogP contribution in [0.15, 0.2) is 54.9 Å². The number of halogens is 1. The normalized spacial score (nSPS) is 10.8. The molecule has 0 saturated heterocycles. The molecule has 1 amide bonds. The highest BCUT2D eigenvalue weighted by molar-refractivity contribution is 5.92. The number of hydrogen-bond acceptors (Lipinski definition) is 2. The Morgan fingerprint density at radius 2 is 2.00 bits per heavy atom. The number of rotatable bonds is 3. The van der Waals surface area contributed by atoms with Gasteiger partial charge in [0, 0.05) is 31.5 Å². The molecule has 0 aliphatic carbocycles. The number of nitrogens with zero attached hydrogens (tertiary/aromatic N) is 3. The zero-order valence-electron chi connectivity index (χ0n) is 11.5. The number of aromatic nitrogens is 2. The van der Waals surface area contributed by atoms with E-state index in [4.69, 9.17) is 0 Å². The van der Waals surface area contributed by atoms with Gasteiger partial charge in [-0.3, -0.25) is 4.79 Å². The molecule has 106 valence electrons. The highest BCUT2D eigenvalue weighted by Crippen LogP contribution is 2.12. The van der Waals surface area contributed by atoms with E-state index in [0.29, 0.717) is 16.9 Å². The van der Waals surface area contributed by atoms with Crippen molar-refractivity contribution in [2.45, 2.75) is 6.54 Å². The lowest BCUT2D eigenvalue weighted by Gasteiger charge is -2.16. The molecular formula is C16H14FN3O. The molecule has 0 atom stereocenters. The van der Waals surface area contributed by atoms with Crippen molar-refractivity contribution in [2.75, 3.05) is 7.05 Å². The number of fused-ring (bicyclic) bond motifs is 1. The van der Waals surface area contributed by atoms with Gasteiger partial charge in [0.15, 0.2) is 0 Å². The second-order valence-corrected chi connectivity index (χ2v) is 4.84. The number of amides is 1. The largest absolute Gasteiger partial charge is 0.336 e. The van der Waals surface area contributed by atoms with Crippen LogP contribution in [0.1, 0.15) is 16.1 Å². The third-order valence-corrected chi connectivity index (χ3v) is 3.30. The Bertz CT molecular complexity index is 764. The maximum absolute atomic E-state index is 13.6. The Hall–Kier alpha value is -2.69. The van der Waals surface area contributed by atoms with Crippen LogP contribution in [0.2, 0.25) is 0 Å². The van der Waals surface area contributed by atoms with Gasteiger partial charge in [0.05, 0.1) is 0 Å². The highest BCUT2D eigenvalue weighted by Gasteiger charge is 2.16. The number of imidazole rings is 1. The van der Waals surface area contributed by atoms with Crippen LogP contribution >= 0.6 is 0 Å². The fourth-order valence-electron chi connectivity index (χ4n) is 2.19. The van der Waals surface area contributed by atoms with Crippen molar-refractivity contribution >= 4 is 11.6 Å². The lowest BCUT2D eigenvalue weighted by Crippen LogP contribution is -2.26. The van der Waals surface area contributed by atoms with E-state index in [1.54, 1.807) is 35.8 Å². The monoisotopic (exact) mass is 283 g/mol. The van der Waals surface area contributed by atoms with E-state index in [9.17, 15) is 9.18 Å². The van der Waals surface area contributed by atoms with Crippen molar-refractivity contribution in [1.29, 1.82) is 0 Å². The van der Waals surface area contributed by atoms with Crippen LogP contribution in [-0.4, -0.2) is 27.2 Å². The SMILES string of the molecule is CN(Cc1ccccc1F)C(=O)c1cn2ccccc2n1. The Morgan fingerprint density at radius 1 is 1.24 bits per heavy atom. The Kier molecular flexibility index (Phi) is 3.39. The van der Waals surface area contributed by atoms with E-state index >= 15 is 0 Å². The third-order valence-electron chi connectivity index (χ3n) is 3.30. The molecule has 0 N–H and O–H groups in total. The van der Waals surface area contributed by atoms with E-state index in [2.05, 4.69) is 4.98 Å². The van der Waals surface area contributed by atoms with Crippen molar-refractivity contribution in [1.82, 2.24) is 14.3 Å². The van der Waals surface area contributed by atoms with Gasteiger partial charge in [-0.1, -0.05) is 24.3 Å². The second-order valence-electron chi connectivity index (χ2n) is 4.84. The molecule has 5 heteroatoms. The van der Waals surface area contributed by atoms with Gasteiger partial charge in [-0.25, -0.2) is 9.37 Å². The average molecular weight is 283 g/mol. The smallest absolute Gasteiger partial charge is 0.274 e. The summed E-state index contributed by atoms with van der Waals surface area (Å²) >= 11 is 0. The first-order valence-corrected chi connectivity index (χ1v) is 6.58. The second kappa shape index (κ2) is 5.36. The molecule has 0 bridgehead atoms. The zero-order chi connectivity index (χ0) is 14.8. The first-order valence-electron chi connectivity index (χ1n) is 6.58. The maximum atomic E-state index is 13.6. The minimum Gasteiger partial charge on any atom is -0.336 e. The summed E-state index contributed by atoms with van der Waals surface area (Å²) < 4.78 is 15.4. The number of carbonyl (C=O) groups is 1. The Balaban J connectivity index is 1.82. The lowest BCUT2D eigenvalue weighted by atomic mass is 10.2. The van der Waals surface area contributed by atoms with Crippen LogP contribution in [-0.2, 0) is 6.54 Å². The van der Waals surface area contributed by atoms with Gasteiger partial charge in [0.25, 0.3) is 5.91 Å². The lowest BCUT2D eigenvalue weighted by molar-refractivity contribution is 0.0778. The van der Waals surface area contributed by atoms with Gasteiger partial charge in [0.2, 0.25) is 0 Å². The fraction of sp³-hybridized carbons (Fsp3) is 0.125. The van der Waals surface area contributed by atoms with Gasteiger partial charge in [-0.15, -0.1) is 0 Å². The minimum atomic E-state index is -0.313. The van der Waals surface area contributed by atoms with Crippen LogP contribution in [0, 0.1) is 5.82 Å². The Labute approximate surface area is 121 Å². The van der Waals surface area contributed by atoms with Gasteiger partial charge in [-0.2, -0.15) is 0 Å². The van der Waals surface area contributed by atoms with Gasteiger partial charge < -0.3 is 9.30 Å². The van der Waals surface area contributed by atoms with E-state index in [1.807, 2.05) is 24.4 Å². The highest BCUT2D eigenvalue weighted by atomic mass is 19.1. The van der Waals surface area contributed by atoms with E-state index < -0.39 is 0 Å². The molecule has 0 fully saturated rings. The van der Waals surface area contributed by atoms with Gasteiger partial charge in [-0.05, 0) is 18.2 Å². The fourth-order valence-corrected chi connectivity index (χ4v) is 2.19. The summed E-state index contributed by atoms with van der Waals surface area (Å²) in [6.07, 6.45) is 3.51. The molecule has 1 aromatic carbocycles. The Morgan fingerprint density at radius 3 is 2.76 bits per heavy atom. The molecule has 3 aromatic rings. The molecular weight excluding hydrogens is 269 g/mol. The molecule has 0 aliphatic heterocycles. The van der Waals surface area contributed by atoms with Crippen molar-refractivity contribution in [3.63, 3.8) is 0 Å². The summed E-state index contributed by atoms with van der Waals surface area (Å²) in [5.74, 6) is -0.547. The molecule has 0 spiro atoms. The molecule has 3 rings (SSSR count). The van der Waals surface area contributed by atoms with Crippen LogP contribution in [0.3, 0.4) is 0 Å². The molecule has 2 aromatic heterocycles. The van der Waals surface area contributed by atoms with Crippen LogP contribution in [0.25, 0.3) is 5.65 Å². The van der Waals surface area contributed by atoms with Crippen LogP contribution in [0.5, 0.6) is 0 Å². The third kappa shape index (κ3) is 2.63. The van der Waals surface area contributed by atoms with Crippen LogP contribution < -0.4 is 0 Å². The molecule has 4 nitrogen and oxygen atoms in total. The van der Waals surface area contributed by atoms with Crippen molar-refractivity contribution in [3.8, 4) is 0 Å². The summed E-state index contributed by atoms with van der Waals surface area (Å²) in [6.45, 7) is 0.208. The first kappa shape index (κ1) is 13.3. The number of carbonyl (C=O) groups excluding carboxylic acids is 1. The molecule has 21 heavy (non-hydrogen) atoms. The summed E-state index contributed by atoms with van der Waals surface area (Å²) in [4.78, 5) is 18.1. The summed E-state index contributed by atoms with van der Waals surface area (Å²) in [6, 6.07) is 12.0. The van der Waals surface area contributed by atoms with Gasteiger partial charge in [0.1, 0.15) is 17.2 Å². The standard InChI is InChI=1S/C16H14FN3O/c1-19(10-12-6-2-3-7-13(12)17)16(21)14-11-20-9-5-4-8-15(20)18-14/h2-9,11H,10H2,1H3. The topological polar surface area (TPSA) is 37.6 Å². The van der Waals surface area contributed by atoms with Crippen molar-refractivity contribution in [2.24, 2.45) is 0 Å². The predicted octanol–water partition coefficient (Wildman–Crippen LogP) is 2.75. The van der Waals surface area contributed by atoms with E-state index in [-0.39, 0.29) is 18.3 Å². The number of hydrogen-bond donors (Lipinski definition) is 0. The minimum absolute atomic E-state index is 0.208. The number of pyridine rings is 1. The molecule has 0 unspecified atom stereocenters. The molecule has 2 heterocycles. The van der Waals surface area contributed by atoms with Crippen molar-refractivity contribution in [3.05, 3.63) is 71.9 Å². The predicted molar refractivity (Wildman–Crippen MR) is 77.4 cm³/mol. The summed E-state index contributed by atoms with van der Waals surface area (Å²) in [5.41, 5.74) is 1.54. The summed E-state index contributed by atoms with van der Waals surface area (Å²) in [7, 11) is 1.64. The molecule has 0 aliphatic rings. The van der Waals surface area contributed by atoms with E-state index in [1.165, 1.54) is 11.0 Å². The zero-order valence-corrected chi connectivity index (χ0v) is 11.5.